The van der Waals surface area contributed by atoms with E-state index in [1.54, 1.807) is 0 Å². The van der Waals surface area contributed by atoms with Gasteiger partial charge in [0.25, 0.3) is 0 Å². The maximum atomic E-state index is 3.63. The summed E-state index contributed by atoms with van der Waals surface area (Å²) >= 11 is 1.87. The second-order valence-electron chi connectivity index (χ2n) is 4.72. The van der Waals surface area contributed by atoms with Gasteiger partial charge < -0.3 is 5.32 Å². The topological polar surface area (TPSA) is 12.0 Å². The summed E-state index contributed by atoms with van der Waals surface area (Å²) in [6.07, 6.45) is 6.98. The minimum atomic E-state index is 0.628. The van der Waals surface area contributed by atoms with E-state index in [2.05, 4.69) is 29.8 Å². The fraction of sp³-hybridized carbons (Fsp3) is 0.692. The first-order chi connectivity index (χ1) is 7.34. The third kappa shape index (κ3) is 3.62. The summed E-state index contributed by atoms with van der Waals surface area (Å²) in [6, 6.07) is 5.00. The van der Waals surface area contributed by atoms with E-state index >= 15 is 0 Å². The molecule has 1 unspecified atom stereocenters. The van der Waals surface area contributed by atoms with Crippen LogP contribution in [0.4, 0.5) is 0 Å². The summed E-state index contributed by atoms with van der Waals surface area (Å²) in [5, 5.41) is 5.79. The van der Waals surface area contributed by atoms with E-state index in [4.69, 9.17) is 0 Å². The molecule has 1 nitrogen and oxygen atoms in total. The first-order valence-corrected chi connectivity index (χ1v) is 6.98. The Bertz CT molecular complexity index is 264. The lowest BCUT2D eigenvalue weighted by Gasteiger charge is -2.26. The molecule has 1 aliphatic carbocycles. The van der Waals surface area contributed by atoms with Crippen LogP contribution in [0.3, 0.4) is 0 Å². The van der Waals surface area contributed by atoms with Crippen LogP contribution in [0.25, 0.3) is 0 Å². The molecule has 2 rings (SSSR count). The summed E-state index contributed by atoms with van der Waals surface area (Å²) < 4.78 is 0. The van der Waals surface area contributed by atoms with E-state index in [1.807, 2.05) is 11.3 Å². The van der Waals surface area contributed by atoms with Crippen LogP contribution in [0, 0.1) is 5.92 Å². The standard InChI is InChI=1S/C13H21NS/c1-11(10-13-6-3-9-15-13)14-8-7-12-4-2-5-12/h3,6,9,11-12,14H,2,4-5,7-8,10H2,1H3. The van der Waals surface area contributed by atoms with Crippen molar-refractivity contribution in [1.82, 2.24) is 5.32 Å². The van der Waals surface area contributed by atoms with Crippen molar-refractivity contribution < 1.29 is 0 Å². The molecular formula is C13H21NS. The average Bonchev–Trinajstić information content (AvgIpc) is 2.62. The Hall–Kier alpha value is -0.340. The van der Waals surface area contributed by atoms with E-state index < -0.39 is 0 Å². The van der Waals surface area contributed by atoms with Gasteiger partial charge in [-0.05, 0) is 43.7 Å². The maximum absolute atomic E-state index is 3.63. The van der Waals surface area contributed by atoms with Gasteiger partial charge in [0, 0.05) is 10.9 Å². The zero-order valence-corrected chi connectivity index (χ0v) is 10.4. The molecule has 1 heterocycles. The minimum absolute atomic E-state index is 0.628. The molecule has 1 aliphatic rings. The molecule has 1 aromatic rings. The van der Waals surface area contributed by atoms with Crippen molar-refractivity contribution in [2.24, 2.45) is 5.92 Å². The number of thiophene rings is 1. The molecule has 1 atom stereocenters. The molecule has 0 bridgehead atoms. The predicted molar refractivity (Wildman–Crippen MR) is 67.4 cm³/mol. The maximum Gasteiger partial charge on any atom is 0.00870 e. The van der Waals surface area contributed by atoms with E-state index in [0.717, 1.165) is 5.92 Å². The summed E-state index contributed by atoms with van der Waals surface area (Å²) in [4.78, 5) is 1.50. The summed E-state index contributed by atoms with van der Waals surface area (Å²) in [6.45, 7) is 3.50. The monoisotopic (exact) mass is 223 g/mol. The Balaban J connectivity index is 1.57. The first-order valence-electron chi connectivity index (χ1n) is 6.10. The molecule has 0 radical (unpaired) electrons. The van der Waals surface area contributed by atoms with Gasteiger partial charge in [-0.1, -0.05) is 25.3 Å². The molecule has 0 spiro atoms. The summed E-state index contributed by atoms with van der Waals surface area (Å²) in [7, 11) is 0. The Labute approximate surface area is 96.9 Å². The highest BCUT2D eigenvalue weighted by Gasteiger charge is 2.16. The highest BCUT2D eigenvalue weighted by molar-refractivity contribution is 7.09. The van der Waals surface area contributed by atoms with Gasteiger partial charge in [-0.3, -0.25) is 0 Å². The predicted octanol–water partition coefficient (Wildman–Crippen LogP) is 3.46. The molecular weight excluding hydrogens is 202 g/mol. The third-order valence-electron chi connectivity index (χ3n) is 3.36. The zero-order chi connectivity index (χ0) is 10.5. The van der Waals surface area contributed by atoms with Crippen molar-refractivity contribution in [3.63, 3.8) is 0 Å². The molecule has 1 saturated carbocycles. The van der Waals surface area contributed by atoms with E-state index in [0.29, 0.717) is 6.04 Å². The molecule has 1 fully saturated rings. The lowest BCUT2D eigenvalue weighted by molar-refractivity contribution is 0.288. The number of nitrogens with one attached hydrogen (secondary N) is 1. The number of hydrogen-bond donors (Lipinski definition) is 1. The van der Waals surface area contributed by atoms with Crippen molar-refractivity contribution in [2.45, 2.75) is 45.1 Å². The third-order valence-corrected chi connectivity index (χ3v) is 4.26. The van der Waals surface area contributed by atoms with Gasteiger partial charge in [0.1, 0.15) is 0 Å². The van der Waals surface area contributed by atoms with Crippen LogP contribution in [-0.2, 0) is 6.42 Å². The van der Waals surface area contributed by atoms with E-state index in [-0.39, 0.29) is 0 Å². The molecule has 0 aliphatic heterocycles. The highest BCUT2D eigenvalue weighted by atomic mass is 32.1. The van der Waals surface area contributed by atoms with Crippen LogP contribution in [0.2, 0.25) is 0 Å². The van der Waals surface area contributed by atoms with Crippen LogP contribution < -0.4 is 5.32 Å². The number of rotatable bonds is 6. The molecule has 1 N–H and O–H groups in total. The van der Waals surface area contributed by atoms with Crippen LogP contribution in [-0.4, -0.2) is 12.6 Å². The van der Waals surface area contributed by atoms with E-state index in [9.17, 15) is 0 Å². The Morgan fingerprint density at radius 1 is 1.53 bits per heavy atom. The second-order valence-corrected chi connectivity index (χ2v) is 5.76. The lowest BCUT2D eigenvalue weighted by Crippen LogP contribution is -2.30. The fourth-order valence-electron chi connectivity index (χ4n) is 2.12. The molecule has 84 valence electrons. The van der Waals surface area contributed by atoms with Gasteiger partial charge >= 0.3 is 0 Å². The summed E-state index contributed by atoms with van der Waals surface area (Å²) in [5.41, 5.74) is 0. The van der Waals surface area contributed by atoms with Crippen molar-refractivity contribution in [2.75, 3.05) is 6.54 Å². The van der Waals surface area contributed by atoms with Crippen molar-refractivity contribution in [1.29, 1.82) is 0 Å². The van der Waals surface area contributed by atoms with E-state index in [1.165, 1.54) is 43.5 Å². The molecule has 1 aromatic heterocycles. The second kappa shape index (κ2) is 5.66. The minimum Gasteiger partial charge on any atom is -0.314 e. The highest BCUT2D eigenvalue weighted by Crippen LogP contribution is 2.28. The van der Waals surface area contributed by atoms with Gasteiger partial charge in [-0.25, -0.2) is 0 Å². The van der Waals surface area contributed by atoms with Crippen LogP contribution in [0.15, 0.2) is 17.5 Å². The van der Waals surface area contributed by atoms with Gasteiger partial charge in [-0.2, -0.15) is 0 Å². The zero-order valence-electron chi connectivity index (χ0n) is 9.54. The Morgan fingerprint density at radius 3 is 3.00 bits per heavy atom. The summed E-state index contributed by atoms with van der Waals surface area (Å²) in [5.74, 6) is 1.03. The molecule has 0 aromatic carbocycles. The SMILES string of the molecule is CC(Cc1cccs1)NCCC1CCC1. The van der Waals surface area contributed by atoms with Gasteiger partial charge in [0.05, 0.1) is 0 Å². The van der Waals surface area contributed by atoms with Crippen LogP contribution >= 0.6 is 11.3 Å². The van der Waals surface area contributed by atoms with Crippen molar-refractivity contribution in [3.8, 4) is 0 Å². The van der Waals surface area contributed by atoms with Gasteiger partial charge in [0.15, 0.2) is 0 Å². The van der Waals surface area contributed by atoms with Crippen LogP contribution in [0.5, 0.6) is 0 Å². The molecule has 0 amide bonds. The normalized spacial score (nSPS) is 18.7. The largest absolute Gasteiger partial charge is 0.314 e. The molecule has 2 heteroatoms. The number of hydrogen-bond acceptors (Lipinski definition) is 2. The quantitative estimate of drug-likeness (QED) is 0.779. The van der Waals surface area contributed by atoms with Crippen molar-refractivity contribution in [3.05, 3.63) is 22.4 Å². The van der Waals surface area contributed by atoms with Gasteiger partial charge in [0.2, 0.25) is 0 Å². The fourth-order valence-corrected chi connectivity index (χ4v) is 2.95. The van der Waals surface area contributed by atoms with Crippen LogP contribution in [0.1, 0.15) is 37.5 Å². The average molecular weight is 223 g/mol. The lowest BCUT2D eigenvalue weighted by atomic mass is 9.83. The first kappa shape index (κ1) is 11.2. The van der Waals surface area contributed by atoms with Gasteiger partial charge in [-0.15, -0.1) is 11.3 Å². The molecule has 0 saturated heterocycles. The smallest absolute Gasteiger partial charge is 0.00870 e. The van der Waals surface area contributed by atoms with Crippen molar-refractivity contribution >= 4 is 11.3 Å². The Morgan fingerprint density at radius 2 is 2.40 bits per heavy atom. The Kier molecular flexibility index (Phi) is 4.21. The molecule has 15 heavy (non-hydrogen) atoms.